The molecule has 0 saturated carbocycles. The van der Waals surface area contributed by atoms with Gasteiger partial charge in [0.2, 0.25) is 5.91 Å². The van der Waals surface area contributed by atoms with Gasteiger partial charge in [-0.05, 0) is 24.3 Å². The van der Waals surface area contributed by atoms with Crippen molar-refractivity contribution in [2.75, 3.05) is 46.3 Å². The van der Waals surface area contributed by atoms with Gasteiger partial charge in [-0.3, -0.25) is 14.5 Å². The van der Waals surface area contributed by atoms with Crippen LogP contribution in [0.2, 0.25) is 0 Å². The predicted octanol–water partition coefficient (Wildman–Crippen LogP) is 1.60. The van der Waals surface area contributed by atoms with Gasteiger partial charge in [0, 0.05) is 38.8 Å². The van der Waals surface area contributed by atoms with Gasteiger partial charge in [0.05, 0.1) is 6.54 Å². The number of carbonyl (C=O) groups is 2. The van der Waals surface area contributed by atoms with Crippen LogP contribution in [-0.2, 0) is 4.79 Å². The summed E-state index contributed by atoms with van der Waals surface area (Å²) in [5.74, 6) is -1.28. The molecule has 1 aromatic carbocycles. The van der Waals surface area contributed by atoms with Crippen LogP contribution in [0.15, 0.2) is 24.3 Å². The third-order valence-electron chi connectivity index (χ3n) is 3.95. The Morgan fingerprint density at radius 3 is 2.16 bits per heavy atom. The number of halogens is 4. The summed E-state index contributed by atoms with van der Waals surface area (Å²) in [6.07, 6.45) is -4.43. The lowest BCUT2D eigenvalue weighted by atomic mass is 10.2. The van der Waals surface area contributed by atoms with Gasteiger partial charge in [-0.1, -0.05) is 0 Å². The highest BCUT2D eigenvalue weighted by molar-refractivity contribution is 5.94. The summed E-state index contributed by atoms with van der Waals surface area (Å²) < 4.78 is 49.8. The second-order valence-electron chi connectivity index (χ2n) is 5.94. The first-order chi connectivity index (χ1) is 11.7. The molecule has 0 unspecified atom stereocenters. The first-order valence-electron chi connectivity index (χ1n) is 7.73. The summed E-state index contributed by atoms with van der Waals surface area (Å²) in [5, 5.41) is 0. The Labute approximate surface area is 142 Å². The maximum Gasteiger partial charge on any atom is 0.406 e. The van der Waals surface area contributed by atoms with E-state index in [4.69, 9.17) is 0 Å². The molecule has 5 nitrogen and oxygen atoms in total. The van der Waals surface area contributed by atoms with E-state index < -0.39 is 24.4 Å². The fourth-order valence-electron chi connectivity index (χ4n) is 2.55. The number of benzene rings is 1. The van der Waals surface area contributed by atoms with Crippen LogP contribution >= 0.6 is 0 Å². The molecule has 2 rings (SSSR count). The van der Waals surface area contributed by atoms with Crippen LogP contribution in [0, 0.1) is 5.82 Å². The van der Waals surface area contributed by atoms with E-state index >= 15 is 0 Å². The lowest BCUT2D eigenvalue weighted by molar-refractivity contribution is -0.159. The van der Waals surface area contributed by atoms with Crippen molar-refractivity contribution in [2.45, 2.75) is 6.18 Å². The van der Waals surface area contributed by atoms with Crippen molar-refractivity contribution >= 4 is 11.8 Å². The average molecular weight is 361 g/mol. The number of alkyl halides is 3. The monoisotopic (exact) mass is 361 g/mol. The number of rotatable bonds is 4. The number of amides is 2. The van der Waals surface area contributed by atoms with Gasteiger partial charge in [0.25, 0.3) is 5.91 Å². The number of likely N-dealkylation sites (N-methyl/N-ethyl adjacent to an activating group) is 1. The first kappa shape index (κ1) is 19.2. The molecule has 0 spiro atoms. The van der Waals surface area contributed by atoms with Crippen LogP contribution in [0.1, 0.15) is 10.4 Å². The quantitative estimate of drug-likeness (QED) is 0.766. The van der Waals surface area contributed by atoms with E-state index in [2.05, 4.69) is 0 Å². The van der Waals surface area contributed by atoms with E-state index in [0.717, 1.165) is 7.05 Å². The Bertz CT molecular complexity index is 611. The summed E-state index contributed by atoms with van der Waals surface area (Å²) >= 11 is 0. The Kier molecular flexibility index (Phi) is 5.99. The molecule has 1 aliphatic rings. The van der Waals surface area contributed by atoms with Crippen LogP contribution < -0.4 is 0 Å². The van der Waals surface area contributed by atoms with E-state index in [9.17, 15) is 27.2 Å². The molecule has 2 amide bonds. The highest BCUT2D eigenvalue weighted by Crippen LogP contribution is 2.16. The van der Waals surface area contributed by atoms with Gasteiger partial charge < -0.3 is 9.80 Å². The molecule has 0 aliphatic carbocycles. The number of carbonyl (C=O) groups excluding carboxylic acids is 2. The second-order valence-corrected chi connectivity index (χ2v) is 5.94. The Balaban J connectivity index is 1.82. The normalized spacial score (nSPS) is 16.0. The second kappa shape index (κ2) is 7.81. The standard InChI is InChI=1S/C16H19F4N3O2/c1-21(11-16(18,19)20)14(24)10-22-6-8-23(9-7-22)15(25)12-2-4-13(17)5-3-12/h2-5H,6-11H2,1H3. The van der Waals surface area contributed by atoms with Crippen molar-refractivity contribution < 1.29 is 27.2 Å². The van der Waals surface area contributed by atoms with Crippen LogP contribution in [0.3, 0.4) is 0 Å². The maximum absolute atomic E-state index is 12.9. The fourth-order valence-corrected chi connectivity index (χ4v) is 2.55. The third-order valence-corrected chi connectivity index (χ3v) is 3.95. The summed E-state index contributed by atoms with van der Waals surface area (Å²) in [4.78, 5) is 28.1. The lowest BCUT2D eigenvalue weighted by Gasteiger charge is -2.35. The van der Waals surface area contributed by atoms with Crippen molar-refractivity contribution in [3.8, 4) is 0 Å². The van der Waals surface area contributed by atoms with Gasteiger partial charge >= 0.3 is 6.18 Å². The first-order valence-corrected chi connectivity index (χ1v) is 7.73. The minimum Gasteiger partial charge on any atom is -0.336 e. The molecule has 138 valence electrons. The Morgan fingerprint density at radius 2 is 1.64 bits per heavy atom. The number of hydrogen-bond donors (Lipinski definition) is 0. The van der Waals surface area contributed by atoms with Gasteiger partial charge in [-0.25, -0.2) is 4.39 Å². The molecule has 0 radical (unpaired) electrons. The van der Waals surface area contributed by atoms with E-state index in [1.165, 1.54) is 24.3 Å². The molecule has 1 aliphatic heterocycles. The van der Waals surface area contributed by atoms with Gasteiger partial charge in [-0.15, -0.1) is 0 Å². The van der Waals surface area contributed by atoms with Crippen molar-refractivity contribution in [1.29, 1.82) is 0 Å². The largest absolute Gasteiger partial charge is 0.406 e. The summed E-state index contributed by atoms with van der Waals surface area (Å²) in [7, 11) is 1.12. The zero-order valence-corrected chi connectivity index (χ0v) is 13.7. The highest BCUT2D eigenvalue weighted by atomic mass is 19.4. The number of hydrogen-bond acceptors (Lipinski definition) is 3. The molecule has 25 heavy (non-hydrogen) atoms. The smallest absolute Gasteiger partial charge is 0.336 e. The van der Waals surface area contributed by atoms with Crippen molar-refractivity contribution in [2.24, 2.45) is 0 Å². The molecule has 0 N–H and O–H groups in total. The van der Waals surface area contributed by atoms with Crippen molar-refractivity contribution in [3.05, 3.63) is 35.6 Å². The number of nitrogens with zero attached hydrogens (tertiary/aromatic N) is 3. The van der Waals surface area contributed by atoms with Crippen LogP contribution in [0.5, 0.6) is 0 Å². The van der Waals surface area contributed by atoms with Crippen LogP contribution in [0.25, 0.3) is 0 Å². The zero-order chi connectivity index (χ0) is 18.6. The van der Waals surface area contributed by atoms with E-state index in [1.54, 1.807) is 9.80 Å². The zero-order valence-electron chi connectivity index (χ0n) is 13.7. The molecule has 1 aromatic rings. The summed E-state index contributed by atoms with van der Waals surface area (Å²) in [5.41, 5.74) is 0.371. The fraction of sp³-hybridized carbons (Fsp3) is 0.500. The minimum absolute atomic E-state index is 0.120. The maximum atomic E-state index is 12.9. The molecule has 9 heteroatoms. The topological polar surface area (TPSA) is 43.9 Å². The van der Waals surface area contributed by atoms with Gasteiger partial charge in [0.1, 0.15) is 12.4 Å². The van der Waals surface area contributed by atoms with E-state index in [-0.39, 0.29) is 12.5 Å². The van der Waals surface area contributed by atoms with Gasteiger partial charge in [0.15, 0.2) is 0 Å². The summed E-state index contributed by atoms with van der Waals surface area (Å²) in [6, 6.07) is 5.22. The SMILES string of the molecule is CN(CC(F)(F)F)C(=O)CN1CCN(C(=O)c2ccc(F)cc2)CC1. The van der Waals surface area contributed by atoms with Crippen LogP contribution in [0.4, 0.5) is 17.6 Å². The summed E-state index contributed by atoms with van der Waals surface area (Å²) in [6.45, 7) is 0.0794. The predicted molar refractivity (Wildman–Crippen MR) is 82.4 cm³/mol. The molecule has 1 heterocycles. The van der Waals surface area contributed by atoms with Crippen molar-refractivity contribution in [3.63, 3.8) is 0 Å². The third kappa shape index (κ3) is 5.70. The van der Waals surface area contributed by atoms with E-state index in [0.29, 0.717) is 36.6 Å². The molecule has 1 saturated heterocycles. The van der Waals surface area contributed by atoms with Gasteiger partial charge in [-0.2, -0.15) is 13.2 Å². The highest BCUT2D eigenvalue weighted by Gasteiger charge is 2.32. The molecule has 0 aromatic heterocycles. The Hall–Kier alpha value is -2.16. The molecule has 0 atom stereocenters. The number of piperazine rings is 1. The molecular formula is C16H19F4N3O2. The average Bonchev–Trinajstić information content (AvgIpc) is 2.54. The minimum atomic E-state index is -4.43. The Morgan fingerprint density at radius 1 is 1.08 bits per heavy atom. The van der Waals surface area contributed by atoms with E-state index in [1.807, 2.05) is 0 Å². The van der Waals surface area contributed by atoms with Crippen LogP contribution in [-0.4, -0.2) is 79.0 Å². The molecule has 0 bridgehead atoms. The van der Waals surface area contributed by atoms with Crippen molar-refractivity contribution in [1.82, 2.24) is 14.7 Å². The molecule has 1 fully saturated rings. The lowest BCUT2D eigenvalue weighted by Crippen LogP contribution is -2.51. The molecular weight excluding hydrogens is 342 g/mol.